The maximum Gasteiger partial charge on any atom is 0.244 e. The summed E-state index contributed by atoms with van der Waals surface area (Å²) in [5.74, 6) is 0.205. The fraction of sp³-hybridized carbons (Fsp3) is 0.545. The maximum atomic E-state index is 12.6. The molecular weight excluding hydrogens is 336 g/mol. The minimum absolute atomic E-state index is 0.205. The molecule has 144 valence electrons. The molecule has 2 aliphatic rings. The van der Waals surface area contributed by atoms with Gasteiger partial charge in [-0.25, -0.2) is 0 Å². The number of likely N-dealkylation sites (tertiary alicyclic amines) is 2. The molecule has 2 saturated heterocycles. The molecule has 2 aromatic rings. The standard InChI is InChI=1S/C22H30N4O/c27-21(17-26-15-6-12-23-26)25-16-11-22(19-25)10-5-14-24(18-22)13-4-9-20-7-2-1-3-8-20/h1-3,6-8,12,15H,4-5,9-11,13-14,16-19H2. The van der Waals surface area contributed by atoms with E-state index in [9.17, 15) is 4.79 Å². The van der Waals surface area contributed by atoms with E-state index >= 15 is 0 Å². The summed E-state index contributed by atoms with van der Waals surface area (Å²) in [5, 5.41) is 4.16. The third kappa shape index (κ3) is 4.59. The fourth-order valence-corrected chi connectivity index (χ4v) is 4.77. The number of aromatic nitrogens is 2. The van der Waals surface area contributed by atoms with E-state index in [1.54, 1.807) is 10.9 Å². The molecule has 0 aliphatic carbocycles. The number of carbonyl (C=O) groups excluding carboxylic acids is 1. The zero-order chi connectivity index (χ0) is 18.5. The molecule has 2 aliphatic heterocycles. The second-order valence-electron chi connectivity index (χ2n) is 8.24. The third-order valence-electron chi connectivity index (χ3n) is 6.17. The highest BCUT2D eigenvalue weighted by atomic mass is 16.2. The maximum absolute atomic E-state index is 12.6. The Hall–Kier alpha value is -2.14. The molecule has 1 unspecified atom stereocenters. The van der Waals surface area contributed by atoms with E-state index in [2.05, 4.69) is 45.2 Å². The average molecular weight is 367 g/mol. The lowest BCUT2D eigenvalue weighted by Crippen LogP contribution is -2.46. The van der Waals surface area contributed by atoms with E-state index in [1.807, 2.05) is 12.3 Å². The van der Waals surface area contributed by atoms with Crippen LogP contribution in [0, 0.1) is 5.41 Å². The minimum atomic E-state index is 0.205. The van der Waals surface area contributed by atoms with Gasteiger partial charge in [0.15, 0.2) is 0 Å². The molecule has 5 nitrogen and oxygen atoms in total. The topological polar surface area (TPSA) is 41.4 Å². The SMILES string of the molecule is O=C(Cn1cccn1)N1CCC2(CCCN(CCCc3ccccc3)C2)C1. The molecule has 27 heavy (non-hydrogen) atoms. The summed E-state index contributed by atoms with van der Waals surface area (Å²) >= 11 is 0. The third-order valence-corrected chi connectivity index (χ3v) is 6.17. The van der Waals surface area contributed by atoms with Crippen molar-refractivity contribution in [3.8, 4) is 0 Å². The Balaban J connectivity index is 1.26. The number of benzene rings is 1. The van der Waals surface area contributed by atoms with E-state index in [0.29, 0.717) is 12.0 Å². The number of nitrogens with zero attached hydrogens (tertiary/aromatic N) is 4. The van der Waals surface area contributed by atoms with Crippen LogP contribution >= 0.6 is 0 Å². The fourth-order valence-electron chi connectivity index (χ4n) is 4.77. The van der Waals surface area contributed by atoms with Crippen LogP contribution in [0.2, 0.25) is 0 Å². The van der Waals surface area contributed by atoms with Gasteiger partial charge in [-0.05, 0) is 56.8 Å². The molecule has 1 spiro atoms. The number of rotatable bonds is 6. The highest BCUT2D eigenvalue weighted by molar-refractivity contribution is 5.76. The van der Waals surface area contributed by atoms with Crippen molar-refractivity contribution < 1.29 is 4.79 Å². The van der Waals surface area contributed by atoms with Crippen LogP contribution in [-0.2, 0) is 17.8 Å². The van der Waals surface area contributed by atoms with E-state index in [-0.39, 0.29) is 5.91 Å². The first-order valence-corrected chi connectivity index (χ1v) is 10.2. The average Bonchev–Trinajstić information content (AvgIpc) is 3.33. The molecule has 2 fully saturated rings. The van der Waals surface area contributed by atoms with Crippen molar-refractivity contribution in [1.29, 1.82) is 0 Å². The predicted molar refractivity (Wildman–Crippen MR) is 106 cm³/mol. The molecule has 0 radical (unpaired) electrons. The second-order valence-corrected chi connectivity index (χ2v) is 8.24. The van der Waals surface area contributed by atoms with Gasteiger partial charge in [-0.15, -0.1) is 0 Å². The van der Waals surface area contributed by atoms with Crippen LogP contribution in [0.25, 0.3) is 0 Å². The van der Waals surface area contributed by atoms with E-state index < -0.39 is 0 Å². The first-order valence-electron chi connectivity index (χ1n) is 10.2. The zero-order valence-electron chi connectivity index (χ0n) is 16.1. The summed E-state index contributed by atoms with van der Waals surface area (Å²) in [6.07, 6.45) is 9.61. The van der Waals surface area contributed by atoms with Crippen LogP contribution in [0.4, 0.5) is 0 Å². The lowest BCUT2D eigenvalue weighted by molar-refractivity contribution is -0.131. The summed E-state index contributed by atoms with van der Waals surface area (Å²) in [7, 11) is 0. The van der Waals surface area contributed by atoms with E-state index in [0.717, 1.165) is 39.0 Å². The van der Waals surface area contributed by atoms with Crippen LogP contribution < -0.4 is 0 Å². The number of carbonyl (C=O) groups is 1. The Labute approximate surface area is 162 Å². The zero-order valence-corrected chi connectivity index (χ0v) is 16.1. The molecular formula is C22H30N4O. The molecule has 1 aromatic heterocycles. The molecule has 4 rings (SSSR count). The smallest absolute Gasteiger partial charge is 0.244 e. The number of hydrogen-bond acceptors (Lipinski definition) is 3. The van der Waals surface area contributed by atoms with Crippen molar-refractivity contribution in [2.45, 2.75) is 38.6 Å². The first kappa shape index (κ1) is 18.2. The highest BCUT2D eigenvalue weighted by Crippen LogP contribution is 2.39. The number of hydrogen-bond donors (Lipinski definition) is 0. The first-order chi connectivity index (χ1) is 13.2. The van der Waals surface area contributed by atoms with Crippen molar-refractivity contribution >= 4 is 5.91 Å². The lowest BCUT2D eigenvalue weighted by atomic mass is 9.79. The second kappa shape index (κ2) is 8.26. The molecule has 1 aromatic carbocycles. The summed E-state index contributed by atoms with van der Waals surface area (Å²) in [6.45, 7) is 5.70. The van der Waals surface area contributed by atoms with Crippen LogP contribution in [0.5, 0.6) is 0 Å². The number of piperidine rings is 1. The Morgan fingerprint density at radius 1 is 1.07 bits per heavy atom. The van der Waals surface area contributed by atoms with Gasteiger partial charge >= 0.3 is 0 Å². The van der Waals surface area contributed by atoms with Crippen molar-refractivity contribution in [3.05, 3.63) is 54.4 Å². The monoisotopic (exact) mass is 366 g/mol. The predicted octanol–water partition coefficient (Wildman–Crippen LogP) is 2.83. The number of amides is 1. The van der Waals surface area contributed by atoms with Gasteiger partial charge in [-0.1, -0.05) is 30.3 Å². The van der Waals surface area contributed by atoms with Crippen molar-refractivity contribution in [1.82, 2.24) is 19.6 Å². The van der Waals surface area contributed by atoms with Gasteiger partial charge in [0.2, 0.25) is 5.91 Å². The molecule has 0 bridgehead atoms. The van der Waals surface area contributed by atoms with Crippen molar-refractivity contribution in [2.24, 2.45) is 5.41 Å². The van der Waals surface area contributed by atoms with Gasteiger partial charge in [0.1, 0.15) is 6.54 Å². The number of aryl methyl sites for hydroxylation is 1. The van der Waals surface area contributed by atoms with Crippen molar-refractivity contribution in [3.63, 3.8) is 0 Å². The molecule has 0 saturated carbocycles. The van der Waals surface area contributed by atoms with E-state index in [4.69, 9.17) is 0 Å². The summed E-state index contributed by atoms with van der Waals surface area (Å²) in [6, 6.07) is 12.6. The Morgan fingerprint density at radius 2 is 1.96 bits per heavy atom. The Kier molecular flexibility index (Phi) is 5.58. The molecule has 1 atom stereocenters. The quantitative estimate of drug-likeness (QED) is 0.789. The molecule has 5 heteroatoms. The largest absolute Gasteiger partial charge is 0.340 e. The van der Waals surface area contributed by atoms with Gasteiger partial charge < -0.3 is 9.80 Å². The minimum Gasteiger partial charge on any atom is -0.340 e. The highest BCUT2D eigenvalue weighted by Gasteiger charge is 2.42. The van der Waals surface area contributed by atoms with E-state index in [1.165, 1.54) is 31.4 Å². The molecule has 3 heterocycles. The lowest BCUT2D eigenvalue weighted by Gasteiger charge is -2.40. The normalized spacial score (nSPS) is 23.2. The van der Waals surface area contributed by atoms with Gasteiger partial charge in [0, 0.05) is 37.4 Å². The van der Waals surface area contributed by atoms with Crippen LogP contribution in [0.15, 0.2) is 48.8 Å². The van der Waals surface area contributed by atoms with Gasteiger partial charge in [-0.3, -0.25) is 9.48 Å². The summed E-state index contributed by atoms with van der Waals surface area (Å²) in [4.78, 5) is 17.3. The summed E-state index contributed by atoms with van der Waals surface area (Å²) in [5.41, 5.74) is 1.74. The Morgan fingerprint density at radius 3 is 2.78 bits per heavy atom. The van der Waals surface area contributed by atoms with Crippen molar-refractivity contribution in [2.75, 3.05) is 32.7 Å². The van der Waals surface area contributed by atoms with Gasteiger partial charge in [-0.2, -0.15) is 5.10 Å². The van der Waals surface area contributed by atoms with Gasteiger partial charge in [0.25, 0.3) is 0 Å². The van der Waals surface area contributed by atoms with Gasteiger partial charge in [0.05, 0.1) is 0 Å². The van der Waals surface area contributed by atoms with Crippen LogP contribution in [-0.4, -0.2) is 58.2 Å². The Bertz CT molecular complexity index is 730. The molecule has 0 N–H and O–H groups in total. The van der Waals surface area contributed by atoms with Crippen LogP contribution in [0.1, 0.15) is 31.2 Å². The molecule has 1 amide bonds. The summed E-state index contributed by atoms with van der Waals surface area (Å²) < 4.78 is 1.73. The van der Waals surface area contributed by atoms with Crippen LogP contribution in [0.3, 0.4) is 0 Å².